The summed E-state index contributed by atoms with van der Waals surface area (Å²) < 4.78 is 5.19. The molecule has 19 heavy (non-hydrogen) atoms. The van der Waals surface area contributed by atoms with Crippen molar-refractivity contribution >= 4 is 11.9 Å². The fourth-order valence-corrected chi connectivity index (χ4v) is 2.21. The maximum Gasteiger partial charge on any atom is 0.308 e. The van der Waals surface area contributed by atoms with Gasteiger partial charge in [0, 0.05) is 25.5 Å². The number of carboxylic acid groups (broad SMARTS) is 1. The summed E-state index contributed by atoms with van der Waals surface area (Å²) in [6.07, 6.45) is 0.880. The quantitative estimate of drug-likeness (QED) is 0.868. The predicted molar refractivity (Wildman–Crippen MR) is 66.2 cm³/mol. The smallest absolute Gasteiger partial charge is 0.308 e. The van der Waals surface area contributed by atoms with Crippen molar-refractivity contribution in [2.45, 2.75) is 33.2 Å². The zero-order chi connectivity index (χ0) is 14.0. The number of carbonyl (C=O) groups is 2. The van der Waals surface area contributed by atoms with E-state index < -0.39 is 11.9 Å². The van der Waals surface area contributed by atoms with Crippen LogP contribution in [0.5, 0.6) is 0 Å². The molecule has 1 fully saturated rings. The topological polar surface area (TPSA) is 83.6 Å². The molecule has 1 aliphatic rings. The first-order valence-corrected chi connectivity index (χ1v) is 6.40. The highest BCUT2D eigenvalue weighted by atomic mass is 16.5. The number of amides is 1. The number of hydrogen-bond acceptors (Lipinski definition) is 4. The van der Waals surface area contributed by atoms with Crippen molar-refractivity contribution in [3.63, 3.8) is 0 Å². The van der Waals surface area contributed by atoms with E-state index in [0.717, 1.165) is 12.2 Å². The number of aliphatic carboxylic acids is 1. The van der Waals surface area contributed by atoms with Gasteiger partial charge in [0.25, 0.3) is 0 Å². The van der Waals surface area contributed by atoms with Gasteiger partial charge >= 0.3 is 5.97 Å². The van der Waals surface area contributed by atoms with Gasteiger partial charge in [0.2, 0.25) is 5.91 Å². The van der Waals surface area contributed by atoms with Crippen molar-refractivity contribution in [1.29, 1.82) is 0 Å². The van der Waals surface area contributed by atoms with E-state index in [1.165, 1.54) is 4.90 Å². The van der Waals surface area contributed by atoms with Crippen LogP contribution in [0.1, 0.15) is 31.7 Å². The van der Waals surface area contributed by atoms with Gasteiger partial charge in [-0.3, -0.25) is 9.59 Å². The molecule has 0 bridgehead atoms. The molecule has 0 radical (unpaired) electrons. The molecular weight excluding hydrogens is 248 g/mol. The first-order valence-electron chi connectivity index (χ1n) is 6.40. The molecule has 2 rings (SSSR count). The van der Waals surface area contributed by atoms with Gasteiger partial charge in [-0.15, -0.1) is 0 Å². The summed E-state index contributed by atoms with van der Waals surface area (Å²) >= 11 is 0. The Labute approximate surface area is 111 Å². The van der Waals surface area contributed by atoms with Crippen molar-refractivity contribution < 1.29 is 19.2 Å². The van der Waals surface area contributed by atoms with E-state index in [2.05, 4.69) is 19.0 Å². The van der Waals surface area contributed by atoms with E-state index in [1.807, 2.05) is 6.07 Å². The van der Waals surface area contributed by atoms with E-state index in [-0.39, 0.29) is 18.9 Å². The molecule has 2 heterocycles. The second-order valence-corrected chi connectivity index (χ2v) is 5.40. The highest BCUT2D eigenvalue weighted by Crippen LogP contribution is 2.20. The monoisotopic (exact) mass is 266 g/mol. The lowest BCUT2D eigenvalue weighted by Gasteiger charge is -2.13. The summed E-state index contributed by atoms with van der Waals surface area (Å²) in [6.45, 7) is 4.75. The number of aromatic nitrogens is 1. The van der Waals surface area contributed by atoms with Crippen LogP contribution in [0.25, 0.3) is 0 Å². The zero-order valence-electron chi connectivity index (χ0n) is 11.1. The Morgan fingerprint density at radius 1 is 1.63 bits per heavy atom. The van der Waals surface area contributed by atoms with E-state index in [1.54, 1.807) is 0 Å². The van der Waals surface area contributed by atoms with E-state index in [0.29, 0.717) is 18.2 Å². The largest absolute Gasteiger partial charge is 0.481 e. The minimum atomic E-state index is -0.920. The number of rotatable bonds is 5. The average Bonchev–Trinajstić information content (AvgIpc) is 2.87. The van der Waals surface area contributed by atoms with Gasteiger partial charge < -0.3 is 14.5 Å². The van der Waals surface area contributed by atoms with Gasteiger partial charge in [-0.2, -0.15) is 0 Å². The summed E-state index contributed by atoms with van der Waals surface area (Å²) in [5, 5.41) is 12.8. The highest BCUT2D eigenvalue weighted by molar-refractivity contribution is 5.86. The van der Waals surface area contributed by atoms with E-state index in [4.69, 9.17) is 9.63 Å². The molecular formula is C13H18N2O4. The van der Waals surface area contributed by atoms with Gasteiger partial charge in [-0.1, -0.05) is 19.0 Å². The molecule has 1 unspecified atom stereocenters. The molecule has 1 aromatic heterocycles. The summed E-state index contributed by atoms with van der Waals surface area (Å²) in [6, 6.07) is 1.83. The fourth-order valence-electron chi connectivity index (χ4n) is 2.21. The zero-order valence-corrected chi connectivity index (χ0v) is 11.1. The van der Waals surface area contributed by atoms with Gasteiger partial charge in [-0.05, 0) is 5.92 Å². The van der Waals surface area contributed by atoms with Crippen molar-refractivity contribution in [1.82, 2.24) is 10.1 Å². The number of nitrogens with zero attached hydrogens (tertiary/aromatic N) is 2. The van der Waals surface area contributed by atoms with Crippen molar-refractivity contribution in [3.05, 3.63) is 17.5 Å². The van der Waals surface area contributed by atoms with Gasteiger partial charge in [0.15, 0.2) is 0 Å². The minimum Gasteiger partial charge on any atom is -0.481 e. The molecule has 1 atom stereocenters. The second kappa shape index (κ2) is 5.42. The average molecular weight is 266 g/mol. The molecule has 0 aromatic carbocycles. The van der Waals surface area contributed by atoms with Gasteiger partial charge in [0.1, 0.15) is 11.5 Å². The summed E-state index contributed by atoms with van der Waals surface area (Å²) in [5.74, 6) is -0.385. The third kappa shape index (κ3) is 3.33. The number of likely N-dealkylation sites (tertiary alicyclic amines) is 1. The Bertz CT molecular complexity index is 481. The van der Waals surface area contributed by atoms with Gasteiger partial charge in [0.05, 0.1) is 12.5 Å². The molecule has 0 aliphatic carbocycles. The van der Waals surface area contributed by atoms with Crippen molar-refractivity contribution in [3.8, 4) is 0 Å². The first kappa shape index (κ1) is 13.6. The SMILES string of the molecule is CC(C)Cc1cc(CN2CC(C(=O)O)CC2=O)no1. The van der Waals surface area contributed by atoms with Crippen LogP contribution in [-0.2, 0) is 22.6 Å². The van der Waals surface area contributed by atoms with Crippen molar-refractivity contribution in [2.24, 2.45) is 11.8 Å². The summed E-state index contributed by atoms with van der Waals surface area (Å²) in [5.41, 5.74) is 0.676. The van der Waals surface area contributed by atoms with Gasteiger partial charge in [-0.25, -0.2) is 0 Å². The van der Waals surface area contributed by atoms with Crippen LogP contribution in [0.15, 0.2) is 10.6 Å². The number of carboxylic acids is 1. The van der Waals surface area contributed by atoms with E-state index >= 15 is 0 Å². The molecule has 0 saturated carbocycles. The van der Waals surface area contributed by atoms with Crippen molar-refractivity contribution in [2.75, 3.05) is 6.54 Å². The third-order valence-corrected chi connectivity index (χ3v) is 3.13. The standard InChI is InChI=1S/C13H18N2O4/c1-8(2)3-11-5-10(14-19-11)7-15-6-9(13(17)18)4-12(15)16/h5,8-9H,3-4,6-7H2,1-2H3,(H,17,18). The Morgan fingerprint density at radius 2 is 2.37 bits per heavy atom. The lowest BCUT2D eigenvalue weighted by Crippen LogP contribution is -2.25. The lowest BCUT2D eigenvalue weighted by molar-refractivity contribution is -0.141. The molecule has 6 heteroatoms. The second-order valence-electron chi connectivity index (χ2n) is 5.40. The number of carbonyl (C=O) groups excluding carboxylic acids is 1. The molecule has 1 aromatic rings. The van der Waals surface area contributed by atoms with E-state index in [9.17, 15) is 9.59 Å². The van der Waals surface area contributed by atoms with Crippen LogP contribution in [0, 0.1) is 11.8 Å². The minimum absolute atomic E-state index is 0.0754. The molecule has 104 valence electrons. The normalized spacial score (nSPS) is 19.4. The van der Waals surface area contributed by atoms with Crippen LogP contribution < -0.4 is 0 Å². The Hall–Kier alpha value is -1.85. The Morgan fingerprint density at radius 3 is 2.95 bits per heavy atom. The first-order chi connectivity index (χ1) is 8.95. The maximum absolute atomic E-state index is 11.7. The Kier molecular flexibility index (Phi) is 3.87. The highest BCUT2D eigenvalue weighted by Gasteiger charge is 2.34. The lowest BCUT2D eigenvalue weighted by atomic mass is 10.1. The Balaban J connectivity index is 1.96. The molecule has 1 aliphatic heterocycles. The van der Waals surface area contributed by atoms with Crippen LogP contribution in [-0.4, -0.2) is 33.6 Å². The summed E-state index contributed by atoms with van der Waals surface area (Å²) in [7, 11) is 0. The van der Waals surface area contributed by atoms with Crippen LogP contribution in [0.2, 0.25) is 0 Å². The molecule has 6 nitrogen and oxygen atoms in total. The molecule has 1 saturated heterocycles. The fraction of sp³-hybridized carbons (Fsp3) is 0.615. The summed E-state index contributed by atoms with van der Waals surface area (Å²) in [4.78, 5) is 24.1. The number of hydrogen-bond donors (Lipinski definition) is 1. The maximum atomic E-state index is 11.7. The third-order valence-electron chi connectivity index (χ3n) is 3.13. The molecule has 1 N–H and O–H groups in total. The molecule has 1 amide bonds. The molecule has 0 spiro atoms. The van der Waals surface area contributed by atoms with Crippen LogP contribution in [0.3, 0.4) is 0 Å². The van der Waals surface area contributed by atoms with Crippen LogP contribution in [0.4, 0.5) is 0 Å². The van der Waals surface area contributed by atoms with Crippen LogP contribution >= 0.6 is 0 Å². The predicted octanol–water partition coefficient (Wildman–Crippen LogP) is 1.31.